The lowest BCUT2D eigenvalue weighted by Gasteiger charge is -2.37. The zero-order valence-corrected chi connectivity index (χ0v) is 19.7. The summed E-state index contributed by atoms with van der Waals surface area (Å²) in [5.74, 6) is 0.941. The molecule has 0 aliphatic carbocycles. The summed E-state index contributed by atoms with van der Waals surface area (Å²) in [6, 6.07) is 12.9. The maximum Gasteiger partial charge on any atom is 0.410 e. The molecule has 1 atom stereocenters. The second kappa shape index (κ2) is 9.49. The minimum absolute atomic E-state index is 0.0943. The molecule has 1 aromatic carbocycles. The van der Waals surface area contributed by atoms with Gasteiger partial charge in [-0.2, -0.15) is 0 Å². The molecule has 3 heterocycles. The molecule has 0 bridgehead atoms. The number of carbonyl (C=O) groups is 1. The number of likely N-dealkylation sites (tertiary alicyclic amines) is 1. The Bertz CT molecular complexity index is 918. The molecule has 1 saturated heterocycles. The Morgan fingerprint density at radius 3 is 2.50 bits per heavy atom. The fourth-order valence-corrected chi connectivity index (χ4v) is 4.57. The number of benzene rings is 1. The third-order valence-corrected chi connectivity index (χ3v) is 6.25. The predicted octanol–water partition coefficient (Wildman–Crippen LogP) is 4.98. The van der Waals surface area contributed by atoms with Crippen LogP contribution in [0.5, 0.6) is 5.75 Å². The summed E-state index contributed by atoms with van der Waals surface area (Å²) in [6.45, 7) is 11.2. The number of rotatable bonds is 4. The number of amides is 1. The number of hydrogen-bond acceptors (Lipinski definition) is 5. The summed E-state index contributed by atoms with van der Waals surface area (Å²) in [7, 11) is 0. The van der Waals surface area contributed by atoms with Gasteiger partial charge in [0.1, 0.15) is 17.5 Å². The Labute approximate surface area is 191 Å². The molecule has 0 radical (unpaired) electrons. The largest absolute Gasteiger partial charge is 0.490 e. The zero-order valence-electron chi connectivity index (χ0n) is 19.7. The van der Waals surface area contributed by atoms with Crippen molar-refractivity contribution in [1.29, 1.82) is 0 Å². The molecule has 6 heteroatoms. The first-order chi connectivity index (χ1) is 15.3. The van der Waals surface area contributed by atoms with E-state index >= 15 is 0 Å². The highest BCUT2D eigenvalue weighted by Crippen LogP contribution is 2.37. The van der Waals surface area contributed by atoms with Crippen molar-refractivity contribution in [3.63, 3.8) is 0 Å². The van der Waals surface area contributed by atoms with Gasteiger partial charge in [0.2, 0.25) is 0 Å². The number of nitrogens with zero attached hydrogens (tertiary/aromatic N) is 3. The van der Waals surface area contributed by atoms with Gasteiger partial charge in [0.25, 0.3) is 0 Å². The smallest absolute Gasteiger partial charge is 0.410 e. The van der Waals surface area contributed by atoms with Crippen molar-refractivity contribution in [3.05, 3.63) is 59.4 Å². The second-order valence-corrected chi connectivity index (χ2v) is 9.84. The van der Waals surface area contributed by atoms with E-state index in [4.69, 9.17) is 9.47 Å². The van der Waals surface area contributed by atoms with Crippen LogP contribution in [-0.4, -0.2) is 52.2 Å². The van der Waals surface area contributed by atoms with Crippen LogP contribution in [0, 0.1) is 0 Å². The molecule has 6 nitrogen and oxygen atoms in total. The van der Waals surface area contributed by atoms with Crippen molar-refractivity contribution in [3.8, 4) is 5.75 Å². The Kier molecular flexibility index (Phi) is 6.70. The van der Waals surface area contributed by atoms with Crippen molar-refractivity contribution in [2.24, 2.45) is 0 Å². The lowest BCUT2D eigenvalue weighted by Crippen LogP contribution is -2.44. The van der Waals surface area contributed by atoms with Gasteiger partial charge in [-0.1, -0.05) is 30.3 Å². The standard InChI is InChI=1S/C26H35N3O3/c1-19-24-22(13-17-29(19)18-20-8-6-5-7-9-20)27-14-10-23(24)31-21-11-15-28(16-12-21)25(30)32-26(2,3)4/h5-10,14,19,21H,11-13,15-18H2,1-4H3. The van der Waals surface area contributed by atoms with Crippen molar-refractivity contribution in [1.82, 2.24) is 14.8 Å². The molecule has 1 aromatic heterocycles. The molecule has 1 amide bonds. The molecule has 0 saturated carbocycles. The van der Waals surface area contributed by atoms with Crippen LogP contribution in [0.2, 0.25) is 0 Å². The van der Waals surface area contributed by atoms with Crippen LogP contribution in [-0.2, 0) is 17.7 Å². The fraction of sp³-hybridized carbons (Fsp3) is 0.538. The first-order valence-electron chi connectivity index (χ1n) is 11.7. The van der Waals surface area contributed by atoms with Gasteiger partial charge in [-0.3, -0.25) is 9.88 Å². The third-order valence-electron chi connectivity index (χ3n) is 6.25. The van der Waals surface area contributed by atoms with Crippen LogP contribution in [0.4, 0.5) is 4.79 Å². The van der Waals surface area contributed by atoms with E-state index in [0.29, 0.717) is 13.1 Å². The highest BCUT2D eigenvalue weighted by atomic mass is 16.6. The van der Waals surface area contributed by atoms with Crippen LogP contribution in [0.3, 0.4) is 0 Å². The minimum Gasteiger partial charge on any atom is -0.490 e. The van der Waals surface area contributed by atoms with Gasteiger partial charge in [-0.15, -0.1) is 0 Å². The van der Waals surface area contributed by atoms with Crippen LogP contribution >= 0.6 is 0 Å². The van der Waals surface area contributed by atoms with Crippen LogP contribution < -0.4 is 4.74 Å². The van der Waals surface area contributed by atoms with E-state index in [1.807, 2.05) is 33.0 Å². The maximum atomic E-state index is 12.3. The van der Waals surface area contributed by atoms with Crippen molar-refractivity contribution < 1.29 is 14.3 Å². The average Bonchev–Trinajstić information content (AvgIpc) is 2.76. The van der Waals surface area contributed by atoms with Crippen LogP contribution in [0.1, 0.15) is 63.4 Å². The van der Waals surface area contributed by atoms with E-state index in [1.165, 1.54) is 11.1 Å². The summed E-state index contributed by atoms with van der Waals surface area (Å²) in [4.78, 5) is 21.3. The SMILES string of the molecule is CC1c2c(OC3CCN(C(=O)OC(C)(C)C)CC3)ccnc2CCN1Cc1ccccc1. The summed E-state index contributed by atoms with van der Waals surface area (Å²) < 4.78 is 12.0. The number of pyridine rings is 1. The van der Waals surface area contributed by atoms with Gasteiger partial charge in [-0.25, -0.2) is 4.79 Å². The molecule has 2 aromatic rings. The topological polar surface area (TPSA) is 54.9 Å². The molecular formula is C26H35N3O3. The highest BCUT2D eigenvalue weighted by Gasteiger charge is 2.31. The summed E-state index contributed by atoms with van der Waals surface area (Å²) in [6.07, 6.45) is 4.26. The Hall–Kier alpha value is -2.60. The van der Waals surface area contributed by atoms with Crippen molar-refractivity contribution in [2.45, 2.75) is 71.2 Å². The Balaban J connectivity index is 1.41. The molecule has 0 N–H and O–H groups in total. The first kappa shape index (κ1) is 22.6. The van der Waals surface area contributed by atoms with E-state index in [2.05, 4.69) is 47.1 Å². The predicted molar refractivity (Wildman–Crippen MR) is 125 cm³/mol. The second-order valence-electron chi connectivity index (χ2n) is 9.84. The molecule has 32 heavy (non-hydrogen) atoms. The lowest BCUT2D eigenvalue weighted by molar-refractivity contribution is 0.0124. The van der Waals surface area contributed by atoms with Crippen molar-refractivity contribution >= 4 is 6.09 Å². The normalized spacial score (nSPS) is 20.0. The van der Waals surface area contributed by atoms with Gasteiger partial charge in [0.05, 0.1) is 5.69 Å². The number of fused-ring (bicyclic) bond motifs is 1. The molecule has 2 aliphatic rings. The Morgan fingerprint density at radius 1 is 1.09 bits per heavy atom. The molecule has 172 valence electrons. The van der Waals surface area contributed by atoms with E-state index in [1.54, 1.807) is 4.90 Å². The van der Waals surface area contributed by atoms with E-state index in [-0.39, 0.29) is 18.2 Å². The Morgan fingerprint density at radius 2 is 1.81 bits per heavy atom. The first-order valence-corrected chi connectivity index (χ1v) is 11.7. The summed E-state index contributed by atoms with van der Waals surface area (Å²) in [5, 5.41) is 0. The zero-order chi connectivity index (χ0) is 22.7. The molecular weight excluding hydrogens is 402 g/mol. The average molecular weight is 438 g/mol. The summed E-state index contributed by atoms with van der Waals surface area (Å²) in [5.41, 5.74) is 3.21. The quantitative estimate of drug-likeness (QED) is 0.675. The number of hydrogen-bond donors (Lipinski definition) is 0. The number of ether oxygens (including phenoxy) is 2. The van der Waals surface area contributed by atoms with E-state index in [0.717, 1.165) is 43.8 Å². The highest BCUT2D eigenvalue weighted by molar-refractivity contribution is 5.68. The van der Waals surface area contributed by atoms with Crippen LogP contribution in [0.25, 0.3) is 0 Å². The molecule has 2 aliphatic heterocycles. The van der Waals surface area contributed by atoms with E-state index in [9.17, 15) is 4.79 Å². The monoisotopic (exact) mass is 437 g/mol. The third kappa shape index (κ3) is 5.41. The number of piperidine rings is 1. The lowest BCUT2D eigenvalue weighted by atomic mass is 9.96. The van der Waals surface area contributed by atoms with Gasteiger partial charge in [0, 0.05) is 63.2 Å². The van der Waals surface area contributed by atoms with E-state index < -0.39 is 5.60 Å². The number of aromatic nitrogens is 1. The van der Waals surface area contributed by atoms with Crippen molar-refractivity contribution in [2.75, 3.05) is 19.6 Å². The van der Waals surface area contributed by atoms with Gasteiger partial charge in [-0.05, 0) is 39.3 Å². The van der Waals surface area contributed by atoms with Gasteiger partial charge < -0.3 is 14.4 Å². The van der Waals surface area contributed by atoms with Crippen LogP contribution in [0.15, 0.2) is 42.6 Å². The minimum atomic E-state index is -0.470. The van der Waals surface area contributed by atoms with Gasteiger partial charge >= 0.3 is 6.09 Å². The summed E-state index contributed by atoms with van der Waals surface area (Å²) >= 11 is 0. The van der Waals surface area contributed by atoms with Gasteiger partial charge in [0.15, 0.2) is 0 Å². The molecule has 4 rings (SSSR count). The number of carbonyl (C=O) groups excluding carboxylic acids is 1. The maximum absolute atomic E-state index is 12.3. The molecule has 1 fully saturated rings. The molecule has 0 spiro atoms. The molecule has 1 unspecified atom stereocenters. The fourth-order valence-electron chi connectivity index (χ4n) is 4.57.